The largest absolute Gasteiger partial charge is 0.313 e. The highest BCUT2D eigenvalue weighted by atomic mass is 35.5. The molecule has 0 aliphatic heterocycles. The van der Waals surface area contributed by atoms with Crippen LogP contribution in [0.5, 0.6) is 0 Å². The van der Waals surface area contributed by atoms with Crippen LogP contribution in [0.15, 0.2) is 60.7 Å². The molecule has 2 aromatic rings. The van der Waals surface area contributed by atoms with E-state index in [-0.39, 0.29) is 18.2 Å². The standard InChI is InChI=1S/C17H18FN.ClH/c18-17-10-8-16(9-11-17)12-14-19-13-4-7-15-5-2-1-3-6-15;/h1-11,19H,12-14H2;1H. The van der Waals surface area contributed by atoms with E-state index >= 15 is 0 Å². The second-order valence-corrected chi connectivity index (χ2v) is 4.39. The van der Waals surface area contributed by atoms with Gasteiger partial charge in [0.05, 0.1) is 0 Å². The molecule has 0 saturated heterocycles. The number of benzene rings is 2. The summed E-state index contributed by atoms with van der Waals surface area (Å²) in [7, 11) is 0. The van der Waals surface area contributed by atoms with Crippen LogP contribution in [-0.4, -0.2) is 13.1 Å². The van der Waals surface area contributed by atoms with E-state index in [1.807, 2.05) is 30.3 Å². The first-order valence-corrected chi connectivity index (χ1v) is 6.51. The van der Waals surface area contributed by atoms with Gasteiger partial charge >= 0.3 is 0 Å². The molecule has 3 heteroatoms. The normalized spacial score (nSPS) is 10.4. The Kier molecular flexibility index (Phi) is 7.63. The molecule has 106 valence electrons. The van der Waals surface area contributed by atoms with Crippen molar-refractivity contribution in [3.8, 4) is 0 Å². The van der Waals surface area contributed by atoms with E-state index in [2.05, 4.69) is 29.6 Å². The third-order valence-corrected chi connectivity index (χ3v) is 2.88. The van der Waals surface area contributed by atoms with Crippen molar-refractivity contribution in [2.24, 2.45) is 0 Å². The number of hydrogen-bond donors (Lipinski definition) is 1. The van der Waals surface area contributed by atoms with Crippen molar-refractivity contribution in [1.29, 1.82) is 0 Å². The van der Waals surface area contributed by atoms with E-state index in [9.17, 15) is 4.39 Å². The fourth-order valence-electron chi connectivity index (χ4n) is 1.83. The molecule has 1 N–H and O–H groups in total. The Labute approximate surface area is 125 Å². The lowest BCUT2D eigenvalue weighted by atomic mass is 10.1. The lowest BCUT2D eigenvalue weighted by Crippen LogP contribution is -2.16. The maximum absolute atomic E-state index is 12.7. The molecule has 20 heavy (non-hydrogen) atoms. The molecule has 0 saturated carbocycles. The first kappa shape index (κ1) is 16.4. The summed E-state index contributed by atoms with van der Waals surface area (Å²) in [5.74, 6) is -0.178. The van der Waals surface area contributed by atoms with Crippen molar-refractivity contribution >= 4 is 18.5 Å². The second-order valence-electron chi connectivity index (χ2n) is 4.39. The average molecular weight is 292 g/mol. The van der Waals surface area contributed by atoms with E-state index in [4.69, 9.17) is 0 Å². The zero-order valence-corrected chi connectivity index (χ0v) is 12.1. The maximum atomic E-state index is 12.7. The van der Waals surface area contributed by atoms with Crippen molar-refractivity contribution in [1.82, 2.24) is 5.32 Å². The Morgan fingerprint density at radius 3 is 2.35 bits per heavy atom. The van der Waals surface area contributed by atoms with Gasteiger partial charge in [0.25, 0.3) is 0 Å². The molecule has 0 unspecified atom stereocenters. The Bertz CT molecular complexity index is 508. The highest BCUT2D eigenvalue weighted by Gasteiger charge is 1.93. The molecule has 2 aromatic carbocycles. The summed E-state index contributed by atoms with van der Waals surface area (Å²) in [6, 6.07) is 16.9. The van der Waals surface area contributed by atoms with Gasteiger partial charge in [-0.1, -0.05) is 54.6 Å². The summed E-state index contributed by atoms with van der Waals surface area (Å²) in [5, 5.41) is 3.34. The molecule has 2 rings (SSSR count). The van der Waals surface area contributed by atoms with Gasteiger partial charge in [0.2, 0.25) is 0 Å². The highest BCUT2D eigenvalue weighted by Crippen LogP contribution is 2.03. The Morgan fingerprint density at radius 1 is 0.950 bits per heavy atom. The molecule has 0 aliphatic carbocycles. The monoisotopic (exact) mass is 291 g/mol. The second kappa shape index (κ2) is 9.29. The minimum atomic E-state index is -0.178. The van der Waals surface area contributed by atoms with Gasteiger partial charge < -0.3 is 5.32 Å². The molecule has 0 heterocycles. The van der Waals surface area contributed by atoms with Crippen LogP contribution in [-0.2, 0) is 6.42 Å². The summed E-state index contributed by atoms with van der Waals surface area (Å²) >= 11 is 0. The Hall–Kier alpha value is -1.64. The van der Waals surface area contributed by atoms with Gasteiger partial charge in [-0.15, -0.1) is 12.4 Å². The third kappa shape index (κ3) is 6.00. The quantitative estimate of drug-likeness (QED) is 0.790. The minimum Gasteiger partial charge on any atom is -0.313 e. The Morgan fingerprint density at radius 2 is 1.65 bits per heavy atom. The van der Waals surface area contributed by atoms with Crippen LogP contribution < -0.4 is 5.32 Å². The van der Waals surface area contributed by atoms with E-state index in [1.165, 1.54) is 17.7 Å². The summed E-state index contributed by atoms with van der Waals surface area (Å²) < 4.78 is 12.7. The molecule has 0 radical (unpaired) electrons. The predicted molar refractivity (Wildman–Crippen MR) is 85.7 cm³/mol. The van der Waals surface area contributed by atoms with Crippen molar-refractivity contribution < 1.29 is 4.39 Å². The maximum Gasteiger partial charge on any atom is 0.123 e. The van der Waals surface area contributed by atoms with Gasteiger partial charge in [-0.25, -0.2) is 4.39 Å². The van der Waals surface area contributed by atoms with E-state index < -0.39 is 0 Å². The molecule has 0 aliphatic rings. The number of halogens is 2. The molecule has 0 spiro atoms. The molecule has 0 bridgehead atoms. The van der Waals surface area contributed by atoms with Crippen LogP contribution in [0.25, 0.3) is 6.08 Å². The van der Waals surface area contributed by atoms with Gasteiger partial charge in [-0.05, 0) is 36.2 Å². The zero-order chi connectivity index (χ0) is 13.3. The number of rotatable bonds is 6. The summed E-state index contributed by atoms with van der Waals surface area (Å²) in [6.07, 6.45) is 5.13. The predicted octanol–water partition coefficient (Wildman–Crippen LogP) is 4.09. The lowest BCUT2D eigenvalue weighted by Gasteiger charge is -2.02. The van der Waals surface area contributed by atoms with E-state index in [0.29, 0.717) is 0 Å². The number of nitrogens with one attached hydrogen (secondary N) is 1. The molecule has 1 nitrogen and oxygen atoms in total. The van der Waals surface area contributed by atoms with Crippen LogP contribution in [0.1, 0.15) is 11.1 Å². The highest BCUT2D eigenvalue weighted by molar-refractivity contribution is 5.85. The van der Waals surface area contributed by atoms with Crippen LogP contribution in [0.4, 0.5) is 4.39 Å². The van der Waals surface area contributed by atoms with Gasteiger partial charge in [-0.3, -0.25) is 0 Å². The molecule has 0 fully saturated rings. The first-order chi connectivity index (χ1) is 9.34. The SMILES string of the molecule is Cl.Fc1ccc(CCNCC=Cc2ccccc2)cc1. The number of hydrogen-bond acceptors (Lipinski definition) is 1. The van der Waals surface area contributed by atoms with Crippen LogP contribution in [0.3, 0.4) is 0 Å². The molecular formula is C17H19ClFN. The molecule has 0 aromatic heterocycles. The van der Waals surface area contributed by atoms with Crippen LogP contribution in [0.2, 0.25) is 0 Å². The topological polar surface area (TPSA) is 12.0 Å². The van der Waals surface area contributed by atoms with Crippen molar-refractivity contribution in [2.75, 3.05) is 13.1 Å². The molecule has 0 atom stereocenters. The van der Waals surface area contributed by atoms with Gasteiger partial charge in [0, 0.05) is 6.54 Å². The molecule has 0 amide bonds. The third-order valence-electron chi connectivity index (χ3n) is 2.88. The van der Waals surface area contributed by atoms with Gasteiger partial charge in [0.15, 0.2) is 0 Å². The fraction of sp³-hybridized carbons (Fsp3) is 0.176. The smallest absolute Gasteiger partial charge is 0.123 e. The fourth-order valence-corrected chi connectivity index (χ4v) is 1.83. The van der Waals surface area contributed by atoms with Gasteiger partial charge in [-0.2, -0.15) is 0 Å². The molecular weight excluding hydrogens is 273 g/mol. The minimum absolute atomic E-state index is 0. The summed E-state index contributed by atoms with van der Waals surface area (Å²) in [4.78, 5) is 0. The van der Waals surface area contributed by atoms with Crippen molar-refractivity contribution in [2.45, 2.75) is 6.42 Å². The lowest BCUT2D eigenvalue weighted by molar-refractivity contribution is 0.626. The van der Waals surface area contributed by atoms with E-state index in [1.54, 1.807) is 0 Å². The Balaban J connectivity index is 0.00000200. The first-order valence-electron chi connectivity index (χ1n) is 6.51. The van der Waals surface area contributed by atoms with Crippen LogP contribution in [0, 0.1) is 5.82 Å². The summed E-state index contributed by atoms with van der Waals surface area (Å²) in [6.45, 7) is 1.74. The zero-order valence-electron chi connectivity index (χ0n) is 11.3. The van der Waals surface area contributed by atoms with Crippen molar-refractivity contribution in [3.05, 3.63) is 77.6 Å². The average Bonchev–Trinajstić information content (AvgIpc) is 2.46. The van der Waals surface area contributed by atoms with Gasteiger partial charge in [0.1, 0.15) is 5.82 Å². The summed E-state index contributed by atoms with van der Waals surface area (Å²) in [5.41, 5.74) is 2.36. The van der Waals surface area contributed by atoms with Crippen LogP contribution >= 0.6 is 12.4 Å². The van der Waals surface area contributed by atoms with Crippen molar-refractivity contribution in [3.63, 3.8) is 0 Å². The van der Waals surface area contributed by atoms with E-state index in [0.717, 1.165) is 25.1 Å².